The lowest BCUT2D eigenvalue weighted by atomic mass is 10.1. The Morgan fingerprint density at radius 1 is 1.44 bits per heavy atom. The summed E-state index contributed by atoms with van der Waals surface area (Å²) in [6.07, 6.45) is 0.880. The van der Waals surface area contributed by atoms with Gasteiger partial charge in [-0.1, -0.05) is 6.92 Å². The Morgan fingerprint density at radius 2 is 2.06 bits per heavy atom. The van der Waals surface area contributed by atoms with E-state index in [1.165, 1.54) is 11.8 Å². The van der Waals surface area contributed by atoms with Crippen LogP contribution in [0.25, 0.3) is 0 Å². The topological polar surface area (TPSA) is 60.3 Å². The first-order valence-corrected chi connectivity index (χ1v) is 6.48. The maximum atomic E-state index is 12.1. The third-order valence-corrected chi connectivity index (χ3v) is 3.64. The van der Waals surface area contributed by atoms with Crippen LogP contribution in [0.1, 0.15) is 35.0 Å². The highest BCUT2D eigenvalue weighted by Crippen LogP contribution is 2.19. The predicted molar refractivity (Wildman–Crippen MR) is 73.7 cm³/mol. The molecule has 0 fully saturated rings. The minimum atomic E-state index is -0.447. The molecule has 0 aromatic carbocycles. The molecule has 0 saturated carbocycles. The number of nitrogens with zero attached hydrogens (tertiary/aromatic N) is 1. The van der Waals surface area contributed by atoms with E-state index in [2.05, 4.69) is 21.4 Å². The fourth-order valence-corrected chi connectivity index (χ4v) is 2.10. The van der Waals surface area contributed by atoms with Crippen molar-refractivity contribution in [3.63, 3.8) is 0 Å². The summed E-state index contributed by atoms with van der Waals surface area (Å²) in [5.74, 6) is -0.447. The van der Waals surface area contributed by atoms with E-state index in [9.17, 15) is 9.59 Å². The number of methoxy groups -OCH3 is 1. The third-order valence-electron chi connectivity index (χ3n) is 2.70. The van der Waals surface area contributed by atoms with Crippen LogP contribution in [0.4, 0.5) is 0 Å². The van der Waals surface area contributed by atoms with Crippen molar-refractivity contribution in [2.45, 2.75) is 27.2 Å². The molecule has 0 saturated heterocycles. The number of aromatic nitrogens is 1. The van der Waals surface area contributed by atoms with Gasteiger partial charge in [0.2, 0.25) is 0 Å². The largest absolute Gasteiger partial charge is 0.465 e. The summed E-state index contributed by atoms with van der Waals surface area (Å²) in [5, 5.41) is 0. The molecule has 1 rings (SSSR count). The van der Waals surface area contributed by atoms with E-state index in [4.69, 9.17) is 4.74 Å². The molecule has 0 aliphatic heterocycles. The van der Waals surface area contributed by atoms with Crippen molar-refractivity contribution < 1.29 is 9.53 Å². The zero-order valence-corrected chi connectivity index (χ0v) is 12.6. The SMILES string of the molecule is CCCNn1c(C)c(C(=O)OC)c(C)c(Br)c1=O. The minimum absolute atomic E-state index is 0.203. The molecule has 0 bridgehead atoms. The lowest BCUT2D eigenvalue weighted by Crippen LogP contribution is -2.34. The minimum Gasteiger partial charge on any atom is -0.465 e. The number of esters is 1. The van der Waals surface area contributed by atoms with Gasteiger partial charge in [0.05, 0.1) is 22.8 Å². The lowest BCUT2D eigenvalue weighted by Gasteiger charge is -2.17. The Hall–Kier alpha value is -1.30. The van der Waals surface area contributed by atoms with Crippen LogP contribution in [-0.4, -0.2) is 24.3 Å². The lowest BCUT2D eigenvalue weighted by molar-refractivity contribution is 0.0598. The zero-order chi connectivity index (χ0) is 13.9. The van der Waals surface area contributed by atoms with Crippen molar-refractivity contribution in [3.8, 4) is 0 Å². The van der Waals surface area contributed by atoms with Crippen LogP contribution in [-0.2, 0) is 4.74 Å². The maximum Gasteiger partial charge on any atom is 0.340 e. The average Bonchev–Trinajstić information content (AvgIpc) is 2.36. The molecule has 100 valence electrons. The fraction of sp³-hybridized carbons (Fsp3) is 0.500. The molecule has 1 aromatic rings. The summed E-state index contributed by atoms with van der Waals surface area (Å²) in [6.45, 7) is 6.08. The van der Waals surface area contributed by atoms with E-state index >= 15 is 0 Å². The second-order valence-corrected chi connectivity index (χ2v) is 4.73. The van der Waals surface area contributed by atoms with Gasteiger partial charge in [0.1, 0.15) is 0 Å². The normalized spacial score (nSPS) is 10.3. The number of rotatable bonds is 4. The summed E-state index contributed by atoms with van der Waals surface area (Å²) in [7, 11) is 1.32. The summed E-state index contributed by atoms with van der Waals surface area (Å²) < 4.78 is 6.50. The Morgan fingerprint density at radius 3 is 2.56 bits per heavy atom. The second-order valence-electron chi connectivity index (χ2n) is 3.94. The number of carbonyl (C=O) groups excluding carboxylic acids is 1. The molecule has 1 heterocycles. The molecule has 0 aliphatic carbocycles. The molecular weight excluding hydrogens is 300 g/mol. The van der Waals surface area contributed by atoms with Crippen molar-refractivity contribution in [1.82, 2.24) is 4.68 Å². The maximum absolute atomic E-state index is 12.1. The number of hydrogen-bond acceptors (Lipinski definition) is 4. The molecule has 6 heteroatoms. The molecule has 0 amide bonds. The first-order valence-electron chi connectivity index (χ1n) is 5.69. The number of nitrogens with one attached hydrogen (secondary N) is 1. The molecule has 5 nitrogen and oxygen atoms in total. The molecule has 0 atom stereocenters. The summed E-state index contributed by atoms with van der Waals surface area (Å²) in [6, 6.07) is 0. The van der Waals surface area contributed by atoms with Gasteiger partial charge in [-0.05, 0) is 41.8 Å². The standard InChI is InChI=1S/C12H17BrN2O3/c1-5-6-14-15-8(3)9(12(17)18-4)7(2)10(13)11(15)16/h14H,5-6H2,1-4H3. The van der Waals surface area contributed by atoms with Gasteiger partial charge in [-0.15, -0.1) is 0 Å². The Bertz CT molecular complexity index is 523. The van der Waals surface area contributed by atoms with Crippen LogP contribution < -0.4 is 11.0 Å². The van der Waals surface area contributed by atoms with E-state index in [1.54, 1.807) is 13.8 Å². The van der Waals surface area contributed by atoms with Crippen LogP contribution in [0, 0.1) is 13.8 Å². The Kier molecular flexibility index (Phi) is 4.95. The second kappa shape index (κ2) is 6.04. The quantitative estimate of drug-likeness (QED) is 0.863. The molecule has 0 radical (unpaired) electrons. The van der Waals surface area contributed by atoms with Gasteiger partial charge in [-0.25, -0.2) is 9.47 Å². The van der Waals surface area contributed by atoms with Crippen LogP contribution in [0.2, 0.25) is 0 Å². The summed E-state index contributed by atoms with van der Waals surface area (Å²) in [5.41, 5.74) is 4.34. The smallest absolute Gasteiger partial charge is 0.340 e. The Balaban J connectivity index is 3.49. The summed E-state index contributed by atoms with van der Waals surface area (Å²) >= 11 is 3.22. The van der Waals surface area contributed by atoms with Crippen LogP contribution >= 0.6 is 15.9 Å². The van der Waals surface area contributed by atoms with Gasteiger partial charge in [0.15, 0.2) is 0 Å². The first-order chi connectivity index (χ1) is 8.45. The number of carbonyl (C=O) groups is 1. The van der Waals surface area contributed by atoms with E-state index in [1.807, 2.05) is 6.92 Å². The van der Waals surface area contributed by atoms with Crippen molar-refractivity contribution >= 4 is 21.9 Å². The highest BCUT2D eigenvalue weighted by atomic mass is 79.9. The van der Waals surface area contributed by atoms with Crippen molar-refractivity contribution in [3.05, 3.63) is 31.6 Å². The molecule has 0 spiro atoms. The van der Waals surface area contributed by atoms with Gasteiger partial charge < -0.3 is 10.2 Å². The van der Waals surface area contributed by atoms with Gasteiger partial charge in [-0.3, -0.25) is 4.79 Å². The van der Waals surface area contributed by atoms with Crippen LogP contribution in [0.5, 0.6) is 0 Å². The van der Waals surface area contributed by atoms with Gasteiger partial charge in [0, 0.05) is 6.54 Å². The number of pyridine rings is 1. The van der Waals surface area contributed by atoms with Crippen molar-refractivity contribution in [1.29, 1.82) is 0 Å². The summed E-state index contributed by atoms with van der Waals surface area (Å²) in [4.78, 5) is 23.8. The van der Waals surface area contributed by atoms with E-state index in [0.717, 1.165) is 6.42 Å². The zero-order valence-electron chi connectivity index (χ0n) is 11.0. The molecule has 0 aliphatic rings. The van der Waals surface area contributed by atoms with Crippen LogP contribution in [0.15, 0.2) is 9.27 Å². The molecule has 18 heavy (non-hydrogen) atoms. The highest BCUT2D eigenvalue weighted by molar-refractivity contribution is 9.10. The van der Waals surface area contributed by atoms with E-state index < -0.39 is 5.97 Å². The van der Waals surface area contributed by atoms with Crippen LogP contribution in [0.3, 0.4) is 0 Å². The van der Waals surface area contributed by atoms with E-state index in [0.29, 0.717) is 27.8 Å². The average molecular weight is 317 g/mol. The molecule has 0 unspecified atom stereocenters. The molecular formula is C12H17BrN2O3. The van der Waals surface area contributed by atoms with Gasteiger partial charge >= 0.3 is 5.97 Å². The van der Waals surface area contributed by atoms with Gasteiger partial charge in [0.25, 0.3) is 5.56 Å². The fourth-order valence-electron chi connectivity index (χ4n) is 1.72. The number of halogens is 1. The van der Waals surface area contributed by atoms with Gasteiger partial charge in [-0.2, -0.15) is 0 Å². The third kappa shape index (κ3) is 2.58. The number of hydrogen-bond donors (Lipinski definition) is 1. The van der Waals surface area contributed by atoms with Crippen molar-refractivity contribution in [2.75, 3.05) is 19.1 Å². The Labute approximate surface area is 114 Å². The number of ether oxygens (including phenoxy) is 1. The molecule has 1 N–H and O–H groups in total. The molecule has 1 aromatic heterocycles. The van der Waals surface area contributed by atoms with Crippen molar-refractivity contribution in [2.24, 2.45) is 0 Å². The first kappa shape index (κ1) is 14.8. The highest BCUT2D eigenvalue weighted by Gasteiger charge is 2.20. The predicted octanol–water partition coefficient (Wildman–Crippen LogP) is 1.97. The monoisotopic (exact) mass is 316 g/mol. The van der Waals surface area contributed by atoms with E-state index in [-0.39, 0.29) is 5.56 Å².